The zero-order valence-corrected chi connectivity index (χ0v) is 11.4. The summed E-state index contributed by atoms with van der Waals surface area (Å²) in [4.78, 5) is 0.476. The lowest BCUT2D eigenvalue weighted by molar-refractivity contribution is 0.564. The first-order chi connectivity index (χ1) is 7.54. The van der Waals surface area contributed by atoms with Crippen molar-refractivity contribution in [3.8, 4) is 0 Å². The molecule has 88 valence electrons. The molecule has 1 aliphatic heterocycles. The second-order valence-corrected chi connectivity index (χ2v) is 6.89. The van der Waals surface area contributed by atoms with Crippen LogP contribution in [-0.4, -0.2) is 20.7 Å². The van der Waals surface area contributed by atoms with Crippen molar-refractivity contribution in [3.63, 3.8) is 0 Å². The Labute approximate surface area is 104 Å². The van der Waals surface area contributed by atoms with Gasteiger partial charge in [-0.3, -0.25) is 0 Å². The summed E-state index contributed by atoms with van der Waals surface area (Å²) in [7, 11) is -3.09. The molecule has 1 aromatic rings. The Kier molecular flexibility index (Phi) is 3.37. The summed E-state index contributed by atoms with van der Waals surface area (Å²) in [5, 5.41) is 3.27. The number of nitrogens with one attached hydrogen (secondary N) is 1. The van der Waals surface area contributed by atoms with Crippen LogP contribution in [0.15, 0.2) is 27.6 Å². The summed E-state index contributed by atoms with van der Waals surface area (Å²) < 4.78 is 24.7. The molecule has 1 aliphatic rings. The van der Waals surface area contributed by atoms with E-state index in [0.29, 0.717) is 4.90 Å². The van der Waals surface area contributed by atoms with E-state index in [1.807, 2.05) is 6.07 Å². The Morgan fingerprint density at radius 2 is 2.25 bits per heavy atom. The Morgan fingerprint density at radius 3 is 2.94 bits per heavy atom. The Morgan fingerprint density at radius 1 is 1.50 bits per heavy atom. The first-order valence-corrected chi connectivity index (χ1v) is 7.74. The number of halogens is 1. The number of fused-ring (bicyclic) bond motifs is 1. The zero-order chi connectivity index (χ0) is 11.8. The van der Waals surface area contributed by atoms with Gasteiger partial charge in [-0.05, 0) is 36.7 Å². The predicted octanol–water partition coefficient (Wildman–Crippen LogP) is 2.28. The first kappa shape index (κ1) is 12.1. The van der Waals surface area contributed by atoms with Crippen molar-refractivity contribution in [2.45, 2.75) is 24.3 Å². The van der Waals surface area contributed by atoms with Crippen molar-refractivity contribution in [1.29, 1.82) is 0 Å². The van der Waals surface area contributed by atoms with E-state index in [0.717, 1.165) is 23.0 Å². The summed E-state index contributed by atoms with van der Waals surface area (Å²) in [6.45, 7) is 2.91. The number of benzene rings is 1. The van der Waals surface area contributed by atoms with Crippen LogP contribution in [0.3, 0.4) is 0 Å². The van der Waals surface area contributed by atoms with Crippen molar-refractivity contribution in [2.24, 2.45) is 0 Å². The van der Waals surface area contributed by atoms with Gasteiger partial charge in [0.2, 0.25) is 0 Å². The van der Waals surface area contributed by atoms with Crippen LogP contribution in [0.4, 0.5) is 0 Å². The van der Waals surface area contributed by atoms with Crippen molar-refractivity contribution in [2.75, 3.05) is 12.3 Å². The molecule has 2 rings (SSSR count). The van der Waals surface area contributed by atoms with Crippen molar-refractivity contribution < 1.29 is 8.42 Å². The Balaban J connectivity index is 2.40. The van der Waals surface area contributed by atoms with Gasteiger partial charge in [0.25, 0.3) is 0 Å². The highest BCUT2D eigenvalue weighted by Crippen LogP contribution is 2.34. The third-order valence-electron chi connectivity index (χ3n) is 2.71. The Bertz CT molecular complexity index is 499. The minimum Gasteiger partial charge on any atom is -0.309 e. The van der Waals surface area contributed by atoms with E-state index in [1.54, 1.807) is 12.1 Å². The third kappa shape index (κ3) is 2.17. The molecule has 0 bridgehead atoms. The van der Waals surface area contributed by atoms with Gasteiger partial charge in [-0.1, -0.05) is 22.9 Å². The number of hydrogen-bond acceptors (Lipinski definition) is 3. The molecule has 0 aromatic heterocycles. The van der Waals surface area contributed by atoms with E-state index in [2.05, 4.69) is 28.2 Å². The molecule has 1 unspecified atom stereocenters. The van der Waals surface area contributed by atoms with Crippen LogP contribution in [0, 0.1) is 0 Å². The summed E-state index contributed by atoms with van der Waals surface area (Å²) in [5.41, 5.74) is 0.892. The highest BCUT2D eigenvalue weighted by atomic mass is 79.9. The van der Waals surface area contributed by atoms with Crippen molar-refractivity contribution >= 4 is 25.8 Å². The van der Waals surface area contributed by atoms with Crippen LogP contribution in [0.1, 0.15) is 24.9 Å². The summed E-state index contributed by atoms with van der Waals surface area (Å²) >= 11 is 3.38. The molecule has 3 nitrogen and oxygen atoms in total. The van der Waals surface area contributed by atoms with Gasteiger partial charge in [-0.2, -0.15) is 0 Å². The molecule has 5 heteroatoms. The number of rotatable bonds is 3. The maximum Gasteiger partial charge on any atom is 0.180 e. The van der Waals surface area contributed by atoms with E-state index < -0.39 is 9.84 Å². The molecule has 0 amide bonds. The fourth-order valence-corrected chi connectivity index (χ4v) is 4.09. The van der Waals surface area contributed by atoms with Crippen LogP contribution >= 0.6 is 15.9 Å². The number of hydrogen-bond donors (Lipinski definition) is 1. The minimum absolute atomic E-state index is 0.0579. The fraction of sp³-hybridized carbons (Fsp3) is 0.455. The largest absolute Gasteiger partial charge is 0.309 e. The van der Waals surface area contributed by atoms with Gasteiger partial charge in [-0.25, -0.2) is 8.42 Å². The second-order valence-electron chi connectivity index (χ2n) is 3.97. The average Bonchev–Trinajstić information content (AvgIpc) is 2.47. The molecule has 0 radical (unpaired) electrons. The normalized spacial score (nSPS) is 22.0. The standard InChI is InChI=1S/C11H14BrNO2S/c1-2-5-13-10-7-16(14,15)11-4-3-8(12)6-9(10)11/h3-4,6,10,13H,2,5,7H2,1H3. The molecule has 0 saturated carbocycles. The highest BCUT2D eigenvalue weighted by molar-refractivity contribution is 9.10. The summed E-state index contributed by atoms with van der Waals surface area (Å²) in [6.07, 6.45) is 1.000. The molecule has 1 aromatic carbocycles. The molecule has 0 fully saturated rings. The molecule has 16 heavy (non-hydrogen) atoms. The van der Waals surface area contributed by atoms with Gasteiger partial charge in [-0.15, -0.1) is 0 Å². The van der Waals surface area contributed by atoms with Gasteiger partial charge in [0.1, 0.15) is 0 Å². The highest BCUT2D eigenvalue weighted by Gasteiger charge is 2.34. The average molecular weight is 304 g/mol. The van der Waals surface area contributed by atoms with E-state index in [4.69, 9.17) is 0 Å². The quantitative estimate of drug-likeness (QED) is 0.932. The lowest BCUT2D eigenvalue weighted by Gasteiger charge is -2.11. The van der Waals surface area contributed by atoms with Gasteiger partial charge in [0, 0.05) is 10.5 Å². The maximum atomic E-state index is 11.9. The molecule has 0 aliphatic carbocycles. The molecule has 0 saturated heterocycles. The van der Waals surface area contributed by atoms with Gasteiger partial charge in [0.05, 0.1) is 10.6 Å². The topological polar surface area (TPSA) is 46.2 Å². The van der Waals surface area contributed by atoms with Gasteiger partial charge >= 0.3 is 0 Å². The van der Waals surface area contributed by atoms with E-state index in [9.17, 15) is 8.42 Å². The monoisotopic (exact) mass is 303 g/mol. The zero-order valence-electron chi connectivity index (χ0n) is 9.03. The van der Waals surface area contributed by atoms with E-state index >= 15 is 0 Å². The SMILES string of the molecule is CCCNC1CS(=O)(=O)c2ccc(Br)cc21. The second kappa shape index (κ2) is 4.47. The molecule has 1 N–H and O–H groups in total. The summed E-state index contributed by atoms with van der Waals surface area (Å²) in [5.74, 6) is 0.179. The van der Waals surface area contributed by atoms with Crippen molar-refractivity contribution in [3.05, 3.63) is 28.2 Å². The molecule has 1 heterocycles. The van der Waals surface area contributed by atoms with Gasteiger partial charge < -0.3 is 5.32 Å². The minimum atomic E-state index is -3.09. The first-order valence-electron chi connectivity index (χ1n) is 5.30. The van der Waals surface area contributed by atoms with Crippen LogP contribution in [0.25, 0.3) is 0 Å². The smallest absolute Gasteiger partial charge is 0.180 e. The van der Waals surface area contributed by atoms with Crippen LogP contribution in [-0.2, 0) is 9.84 Å². The lowest BCUT2D eigenvalue weighted by atomic mass is 10.1. The summed E-state index contributed by atoms with van der Waals surface area (Å²) in [6, 6.07) is 5.30. The maximum absolute atomic E-state index is 11.9. The molecule has 0 spiro atoms. The van der Waals surface area contributed by atoms with Crippen LogP contribution < -0.4 is 5.32 Å². The molecular weight excluding hydrogens is 290 g/mol. The third-order valence-corrected chi connectivity index (χ3v) is 5.02. The van der Waals surface area contributed by atoms with Crippen LogP contribution in [0.2, 0.25) is 0 Å². The Hall–Kier alpha value is -0.390. The van der Waals surface area contributed by atoms with Crippen molar-refractivity contribution in [1.82, 2.24) is 5.32 Å². The molecule has 1 atom stereocenters. The predicted molar refractivity (Wildman–Crippen MR) is 67.2 cm³/mol. The fourth-order valence-electron chi connectivity index (χ4n) is 1.96. The van der Waals surface area contributed by atoms with E-state index in [-0.39, 0.29) is 11.8 Å². The lowest BCUT2D eigenvalue weighted by Crippen LogP contribution is -2.23. The van der Waals surface area contributed by atoms with Crippen LogP contribution in [0.5, 0.6) is 0 Å². The molecular formula is C11H14BrNO2S. The number of sulfone groups is 1. The van der Waals surface area contributed by atoms with E-state index in [1.165, 1.54) is 0 Å². The van der Waals surface area contributed by atoms with Gasteiger partial charge in [0.15, 0.2) is 9.84 Å².